The van der Waals surface area contributed by atoms with Crippen molar-refractivity contribution in [3.63, 3.8) is 0 Å². The molecule has 3 rings (SSSR count). The molecule has 0 saturated heterocycles. The van der Waals surface area contributed by atoms with Crippen molar-refractivity contribution in [2.24, 2.45) is 0 Å². The normalized spacial score (nSPS) is 13.5. The predicted octanol–water partition coefficient (Wildman–Crippen LogP) is 3.04. The van der Waals surface area contributed by atoms with Gasteiger partial charge in [-0.2, -0.15) is 0 Å². The third-order valence-corrected chi connectivity index (χ3v) is 5.07. The molecule has 2 amide bonds. The van der Waals surface area contributed by atoms with Gasteiger partial charge in [0.25, 0.3) is 0 Å². The summed E-state index contributed by atoms with van der Waals surface area (Å²) < 4.78 is 10.7. The summed E-state index contributed by atoms with van der Waals surface area (Å²) in [6.07, 6.45) is 0.942. The van der Waals surface area contributed by atoms with E-state index < -0.39 is 0 Å². The van der Waals surface area contributed by atoms with Crippen LogP contribution in [-0.2, 0) is 24.2 Å². The van der Waals surface area contributed by atoms with Crippen LogP contribution in [0.1, 0.15) is 16.0 Å². The summed E-state index contributed by atoms with van der Waals surface area (Å²) in [5.74, 6) is 0.786. The van der Waals surface area contributed by atoms with Crippen LogP contribution in [0.4, 0.5) is 4.79 Å². The van der Waals surface area contributed by atoms with Crippen LogP contribution in [0, 0.1) is 0 Å². The Morgan fingerprint density at radius 3 is 3.04 bits per heavy atom. The number of carbonyl (C=O) groups is 1. The van der Waals surface area contributed by atoms with Crippen molar-refractivity contribution >= 4 is 17.4 Å². The smallest absolute Gasteiger partial charge is 0.317 e. The second kappa shape index (κ2) is 8.17. The Morgan fingerprint density at radius 1 is 1.29 bits per heavy atom. The number of hydrogen-bond donors (Lipinski definition) is 1. The molecule has 24 heavy (non-hydrogen) atoms. The number of fused-ring (bicyclic) bond motifs is 1. The molecule has 0 atom stereocenters. The zero-order valence-electron chi connectivity index (χ0n) is 13.8. The minimum absolute atomic E-state index is 0.0291. The summed E-state index contributed by atoms with van der Waals surface area (Å²) in [6, 6.07) is 9.84. The monoisotopic (exact) mass is 346 g/mol. The summed E-state index contributed by atoms with van der Waals surface area (Å²) in [5, 5.41) is 5.10. The SMILES string of the molecule is COCCOc1ccccc1CNC(=O)N1CCc2sccc2C1. The summed E-state index contributed by atoms with van der Waals surface area (Å²) in [6.45, 7) is 2.95. The number of nitrogens with one attached hydrogen (secondary N) is 1. The van der Waals surface area contributed by atoms with E-state index in [4.69, 9.17) is 9.47 Å². The number of rotatable bonds is 6. The number of carbonyl (C=O) groups excluding carboxylic acids is 1. The molecule has 0 unspecified atom stereocenters. The van der Waals surface area contributed by atoms with Crippen molar-refractivity contribution < 1.29 is 14.3 Å². The molecule has 5 nitrogen and oxygen atoms in total. The summed E-state index contributed by atoms with van der Waals surface area (Å²) in [5.41, 5.74) is 2.24. The van der Waals surface area contributed by atoms with Crippen LogP contribution in [0.2, 0.25) is 0 Å². The highest BCUT2D eigenvalue weighted by atomic mass is 32.1. The Balaban J connectivity index is 1.55. The van der Waals surface area contributed by atoms with E-state index in [2.05, 4.69) is 16.8 Å². The lowest BCUT2D eigenvalue weighted by Crippen LogP contribution is -2.42. The number of amides is 2. The Hall–Kier alpha value is -2.05. The molecule has 0 radical (unpaired) electrons. The van der Waals surface area contributed by atoms with Crippen LogP contribution in [0.25, 0.3) is 0 Å². The molecule has 6 heteroatoms. The van der Waals surface area contributed by atoms with E-state index in [9.17, 15) is 4.79 Å². The van der Waals surface area contributed by atoms with Gasteiger partial charge in [-0.1, -0.05) is 18.2 Å². The summed E-state index contributed by atoms with van der Waals surface area (Å²) >= 11 is 1.78. The number of hydrogen-bond acceptors (Lipinski definition) is 4. The van der Waals surface area contributed by atoms with Gasteiger partial charge in [0.05, 0.1) is 6.61 Å². The van der Waals surface area contributed by atoms with Crippen molar-refractivity contribution in [1.82, 2.24) is 10.2 Å². The average molecular weight is 346 g/mol. The van der Waals surface area contributed by atoms with E-state index in [1.165, 1.54) is 10.4 Å². The second-order valence-corrected chi connectivity index (χ2v) is 6.65. The summed E-state index contributed by atoms with van der Waals surface area (Å²) in [4.78, 5) is 15.7. The first-order chi connectivity index (χ1) is 11.8. The van der Waals surface area contributed by atoms with Gasteiger partial charge in [0.2, 0.25) is 0 Å². The van der Waals surface area contributed by atoms with Crippen LogP contribution in [0.5, 0.6) is 5.75 Å². The fraction of sp³-hybridized carbons (Fsp3) is 0.389. The van der Waals surface area contributed by atoms with Crippen LogP contribution < -0.4 is 10.1 Å². The molecule has 1 aliphatic rings. The Labute approximate surface area is 146 Å². The van der Waals surface area contributed by atoms with Gasteiger partial charge in [-0.05, 0) is 29.5 Å². The highest BCUT2D eigenvalue weighted by Gasteiger charge is 2.21. The van der Waals surface area contributed by atoms with Gasteiger partial charge in [-0.3, -0.25) is 0 Å². The first kappa shape index (κ1) is 16.8. The van der Waals surface area contributed by atoms with E-state index in [0.29, 0.717) is 26.3 Å². The first-order valence-corrected chi connectivity index (χ1v) is 8.93. The minimum atomic E-state index is -0.0291. The van der Waals surface area contributed by atoms with Crippen LogP contribution in [0.3, 0.4) is 0 Å². The predicted molar refractivity (Wildman–Crippen MR) is 94.5 cm³/mol. The van der Waals surface area contributed by atoms with Gasteiger partial charge >= 0.3 is 6.03 Å². The Bertz CT molecular complexity index is 686. The van der Waals surface area contributed by atoms with Crippen LogP contribution >= 0.6 is 11.3 Å². The maximum atomic E-state index is 12.4. The second-order valence-electron chi connectivity index (χ2n) is 5.65. The molecule has 0 fully saturated rings. The van der Waals surface area contributed by atoms with Gasteiger partial charge in [0, 0.05) is 37.2 Å². The van der Waals surface area contributed by atoms with E-state index in [-0.39, 0.29) is 6.03 Å². The lowest BCUT2D eigenvalue weighted by atomic mass is 10.1. The van der Waals surface area contributed by atoms with Crippen LogP contribution in [-0.4, -0.2) is 37.8 Å². The van der Waals surface area contributed by atoms with Crippen molar-refractivity contribution in [2.75, 3.05) is 26.9 Å². The molecule has 2 aromatic rings. The maximum Gasteiger partial charge on any atom is 0.317 e. The number of para-hydroxylation sites is 1. The molecule has 0 saturated carbocycles. The number of benzene rings is 1. The number of urea groups is 1. The third-order valence-electron chi connectivity index (χ3n) is 4.04. The fourth-order valence-electron chi connectivity index (χ4n) is 2.73. The molecular formula is C18H22N2O3S. The first-order valence-electron chi connectivity index (χ1n) is 8.05. The Morgan fingerprint density at radius 2 is 2.17 bits per heavy atom. The molecule has 1 aromatic heterocycles. The minimum Gasteiger partial charge on any atom is -0.491 e. The molecule has 0 spiro atoms. The molecular weight excluding hydrogens is 324 g/mol. The van der Waals surface area contributed by atoms with Gasteiger partial charge in [0.15, 0.2) is 0 Å². The van der Waals surface area contributed by atoms with Crippen molar-refractivity contribution in [2.45, 2.75) is 19.5 Å². The van der Waals surface area contributed by atoms with Gasteiger partial charge < -0.3 is 19.7 Å². The van der Waals surface area contributed by atoms with Crippen LogP contribution in [0.15, 0.2) is 35.7 Å². The zero-order chi connectivity index (χ0) is 16.8. The molecule has 2 heterocycles. The molecule has 1 N–H and O–H groups in total. The Kier molecular flexibility index (Phi) is 5.72. The number of thiophene rings is 1. The zero-order valence-corrected chi connectivity index (χ0v) is 14.6. The molecule has 1 aliphatic heterocycles. The van der Waals surface area contributed by atoms with E-state index in [1.807, 2.05) is 29.2 Å². The largest absolute Gasteiger partial charge is 0.491 e. The van der Waals surface area contributed by atoms with Crippen molar-refractivity contribution in [3.05, 3.63) is 51.7 Å². The van der Waals surface area contributed by atoms with E-state index >= 15 is 0 Å². The van der Waals surface area contributed by atoms with Gasteiger partial charge in [-0.15, -0.1) is 11.3 Å². The lowest BCUT2D eigenvalue weighted by molar-refractivity contribution is 0.145. The standard InChI is InChI=1S/C18H22N2O3S/c1-22-9-10-23-16-5-3-2-4-14(16)12-19-18(21)20-8-6-17-15(13-20)7-11-24-17/h2-5,7,11H,6,8-10,12-13H2,1H3,(H,19,21). The van der Waals surface area contributed by atoms with E-state index in [0.717, 1.165) is 24.3 Å². The molecule has 128 valence electrons. The topological polar surface area (TPSA) is 50.8 Å². The van der Waals surface area contributed by atoms with E-state index in [1.54, 1.807) is 18.4 Å². The van der Waals surface area contributed by atoms with Crippen molar-refractivity contribution in [3.8, 4) is 5.75 Å². The summed E-state index contributed by atoms with van der Waals surface area (Å²) in [7, 11) is 1.65. The lowest BCUT2D eigenvalue weighted by Gasteiger charge is -2.27. The van der Waals surface area contributed by atoms with Gasteiger partial charge in [-0.25, -0.2) is 4.79 Å². The highest BCUT2D eigenvalue weighted by molar-refractivity contribution is 7.10. The molecule has 1 aromatic carbocycles. The quantitative estimate of drug-likeness (QED) is 0.818. The maximum absolute atomic E-state index is 12.4. The molecule has 0 bridgehead atoms. The van der Waals surface area contributed by atoms with Crippen molar-refractivity contribution in [1.29, 1.82) is 0 Å². The number of ether oxygens (including phenoxy) is 2. The highest BCUT2D eigenvalue weighted by Crippen LogP contribution is 2.24. The fourth-order valence-corrected chi connectivity index (χ4v) is 3.62. The average Bonchev–Trinajstić information content (AvgIpc) is 3.08. The third kappa shape index (κ3) is 4.07. The number of methoxy groups -OCH3 is 1. The molecule has 0 aliphatic carbocycles. The van der Waals surface area contributed by atoms with Gasteiger partial charge in [0.1, 0.15) is 12.4 Å². The number of nitrogens with zero attached hydrogens (tertiary/aromatic N) is 1.